The first-order chi connectivity index (χ1) is 6.20. The number of hydrogen-bond acceptors (Lipinski definition) is 4. The molecule has 0 fully saturated rings. The molecule has 5 heteroatoms. The van der Waals surface area contributed by atoms with Gasteiger partial charge in [0.1, 0.15) is 10.8 Å². The van der Waals surface area contributed by atoms with E-state index >= 15 is 0 Å². The van der Waals surface area contributed by atoms with Gasteiger partial charge in [0.15, 0.2) is 11.6 Å². The second-order valence-corrected chi connectivity index (χ2v) is 2.98. The average molecular weight is 199 g/mol. The number of aromatic nitrogens is 1. The lowest BCUT2D eigenvalue weighted by Crippen LogP contribution is -1.83. The number of furan rings is 1. The van der Waals surface area contributed by atoms with Crippen LogP contribution in [0.2, 0.25) is 5.02 Å². The minimum atomic E-state index is 0.192. The molecule has 4 nitrogen and oxygen atoms in total. The first kappa shape index (κ1) is 8.19. The van der Waals surface area contributed by atoms with Crippen molar-refractivity contribution in [1.29, 1.82) is 0 Å². The SMILES string of the molecule is Cc1occc1-c1onc(N)c1Cl. The molecular weight excluding hydrogens is 192 g/mol. The van der Waals surface area contributed by atoms with Crippen LogP contribution in [0, 0.1) is 6.92 Å². The second kappa shape index (κ2) is 2.81. The maximum Gasteiger partial charge on any atom is 0.191 e. The fourth-order valence-corrected chi connectivity index (χ4v) is 1.25. The monoisotopic (exact) mass is 198 g/mol. The Morgan fingerprint density at radius 1 is 1.54 bits per heavy atom. The molecule has 0 saturated heterocycles. The molecule has 0 saturated carbocycles. The Morgan fingerprint density at radius 3 is 2.77 bits per heavy atom. The van der Waals surface area contributed by atoms with Gasteiger partial charge < -0.3 is 14.7 Å². The molecule has 68 valence electrons. The number of hydrogen-bond donors (Lipinski definition) is 1. The van der Waals surface area contributed by atoms with Crippen LogP contribution in [0.5, 0.6) is 0 Å². The molecule has 0 aliphatic heterocycles. The van der Waals surface area contributed by atoms with Gasteiger partial charge in [0.2, 0.25) is 0 Å². The summed E-state index contributed by atoms with van der Waals surface area (Å²) >= 11 is 5.85. The highest BCUT2D eigenvalue weighted by Gasteiger charge is 2.16. The molecule has 0 amide bonds. The summed E-state index contributed by atoms with van der Waals surface area (Å²) in [6.45, 7) is 1.81. The molecule has 0 unspecified atom stereocenters. The van der Waals surface area contributed by atoms with Crippen LogP contribution in [-0.4, -0.2) is 5.16 Å². The number of nitrogens with two attached hydrogens (primary N) is 1. The molecule has 0 aliphatic rings. The quantitative estimate of drug-likeness (QED) is 0.765. The van der Waals surface area contributed by atoms with Gasteiger partial charge in [-0.2, -0.15) is 0 Å². The zero-order valence-corrected chi connectivity index (χ0v) is 7.63. The molecule has 0 atom stereocenters. The van der Waals surface area contributed by atoms with Gasteiger partial charge in [0, 0.05) is 0 Å². The van der Waals surface area contributed by atoms with E-state index in [1.54, 1.807) is 12.3 Å². The van der Waals surface area contributed by atoms with Gasteiger partial charge in [-0.15, -0.1) is 0 Å². The third kappa shape index (κ3) is 1.19. The summed E-state index contributed by atoms with van der Waals surface area (Å²) in [7, 11) is 0. The first-order valence-corrected chi connectivity index (χ1v) is 4.03. The molecule has 2 aromatic rings. The van der Waals surface area contributed by atoms with Crippen LogP contribution in [0.4, 0.5) is 5.82 Å². The van der Waals surface area contributed by atoms with Crippen LogP contribution in [0.1, 0.15) is 5.76 Å². The first-order valence-electron chi connectivity index (χ1n) is 3.65. The predicted octanol–water partition coefficient (Wildman–Crippen LogP) is 2.48. The van der Waals surface area contributed by atoms with Crippen molar-refractivity contribution in [1.82, 2.24) is 5.16 Å². The fourth-order valence-electron chi connectivity index (χ4n) is 1.08. The Kier molecular flexibility index (Phi) is 1.77. The smallest absolute Gasteiger partial charge is 0.191 e. The van der Waals surface area contributed by atoms with E-state index in [4.69, 9.17) is 26.3 Å². The Balaban J connectivity index is 2.59. The van der Waals surface area contributed by atoms with Gasteiger partial charge in [-0.1, -0.05) is 16.8 Å². The van der Waals surface area contributed by atoms with Gasteiger partial charge in [-0.3, -0.25) is 0 Å². The number of rotatable bonds is 1. The molecule has 13 heavy (non-hydrogen) atoms. The van der Waals surface area contributed by atoms with Crippen LogP contribution in [0.25, 0.3) is 11.3 Å². The maximum absolute atomic E-state index is 5.85. The molecule has 0 radical (unpaired) electrons. The van der Waals surface area contributed by atoms with E-state index in [0.29, 0.717) is 10.8 Å². The lowest BCUT2D eigenvalue weighted by molar-refractivity contribution is 0.434. The predicted molar refractivity (Wildman–Crippen MR) is 48.4 cm³/mol. The third-order valence-corrected chi connectivity index (χ3v) is 2.13. The van der Waals surface area contributed by atoms with Crippen molar-refractivity contribution in [2.75, 3.05) is 5.73 Å². The molecule has 2 N–H and O–H groups in total. The van der Waals surface area contributed by atoms with Crippen molar-refractivity contribution in [3.8, 4) is 11.3 Å². The van der Waals surface area contributed by atoms with Crippen LogP contribution >= 0.6 is 11.6 Å². The standard InChI is InChI=1S/C8H7ClN2O2/c1-4-5(2-3-12-4)7-6(9)8(10)11-13-7/h2-3H,1H3,(H2,10,11). The number of nitrogen functional groups attached to an aromatic ring is 1. The zero-order valence-electron chi connectivity index (χ0n) is 6.87. The summed E-state index contributed by atoms with van der Waals surface area (Å²) in [6, 6.07) is 1.75. The molecule has 2 rings (SSSR count). The van der Waals surface area contributed by atoms with Crippen molar-refractivity contribution in [3.63, 3.8) is 0 Å². The van der Waals surface area contributed by atoms with Crippen molar-refractivity contribution in [3.05, 3.63) is 23.1 Å². The van der Waals surface area contributed by atoms with Crippen molar-refractivity contribution in [2.24, 2.45) is 0 Å². The molecule has 2 heterocycles. The Morgan fingerprint density at radius 2 is 2.31 bits per heavy atom. The van der Waals surface area contributed by atoms with Crippen molar-refractivity contribution >= 4 is 17.4 Å². The summed E-state index contributed by atoms with van der Waals surface area (Å²) in [5.74, 6) is 1.36. The summed E-state index contributed by atoms with van der Waals surface area (Å²) in [6.07, 6.45) is 1.56. The second-order valence-electron chi connectivity index (χ2n) is 2.60. The van der Waals surface area contributed by atoms with Gasteiger partial charge in [0.25, 0.3) is 0 Å². The lowest BCUT2D eigenvalue weighted by atomic mass is 10.2. The van der Waals surface area contributed by atoms with Crippen molar-refractivity contribution in [2.45, 2.75) is 6.92 Å². The maximum atomic E-state index is 5.85. The Hall–Kier alpha value is -1.42. The van der Waals surface area contributed by atoms with E-state index in [0.717, 1.165) is 11.3 Å². The number of halogens is 1. The largest absolute Gasteiger partial charge is 0.469 e. The summed E-state index contributed by atoms with van der Waals surface area (Å²) < 4.78 is 10.0. The summed E-state index contributed by atoms with van der Waals surface area (Å²) in [4.78, 5) is 0. The van der Waals surface area contributed by atoms with Gasteiger partial charge in [-0.05, 0) is 13.0 Å². The topological polar surface area (TPSA) is 65.2 Å². The highest BCUT2D eigenvalue weighted by molar-refractivity contribution is 6.35. The van der Waals surface area contributed by atoms with Crippen LogP contribution in [0.3, 0.4) is 0 Å². The highest BCUT2D eigenvalue weighted by Crippen LogP contribution is 2.34. The van der Waals surface area contributed by atoms with Crippen LogP contribution in [0.15, 0.2) is 21.3 Å². The molecule has 0 bridgehead atoms. The summed E-state index contributed by atoms with van der Waals surface area (Å²) in [5, 5.41) is 3.87. The third-order valence-electron chi connectivity index (χ3n) is 1.76. The van der Waals surface area contributed by atoms with E-state index in [9.17, 15) is 0 Å². The van der Waals surface area contributed by atoms with E-state index in [1.165, 1.54) is 0 Å². The molecule has 0 aliphatic carbocycles. The van der Waals surface area contributed by atoms with Crippen LogP contribution in [-0.2, 0) is 0 Å². The average Bonchev–Trinajstić information content (AvgIpc) is 2.62. The zero-order chi connectivity index (χ0) is 9.42. The fraction of sp³-hybridized carbons (Fsp3) is 0.125. The lowest BCUT2D eigenvalue weighted by Gasteiger charge is -1.91. The van der Waals surface area contributed by atoms with Gasteiger partial charge in [0.05, 0.1) is 11.8 Å². The Bertz CT molecular complexity index is 433. The number of aryl methyl sites for hydroxylation is 1. The van der Waals surface area contributed by atoms with E-state index in [-0.39, 0.29) is 5.82 Å². The van der Waals surface area contributed by atoms with Crippen LogP contribution < -0.4 is 5.73 Å². The normalized spacial score (nSPS) is 10.6. The highest BCUT2D eigenvalue weighted by atomic mass is 35.5. The van der Waals surface area contributed by atoms with E-state index < -0.39 is 0 Å². The van der Waals surface area contributed by atoms with Crippen molar-refractivity contribution < 1.29 is 8.94 Å². The number of nitrogens with zero attached hydrogens (tertiary/aromatic N) is 1. The molecule has 0 spiro atoms. The molecule has 2 aromatic heterocycles. The van der Waals surface area contributed by atoms with E-state index in [1.807, 2.05) is 6.92 Å². The van der Waals surface area contributed by atoms with E-state index in [2.05, 4.69) is 5.16 Å². The van der Waals surface area contributed by atoms with Gasteiger partial charge >= 0.3 is 0 Å². The Labute approximate surface area is 79.3 Å². The molecular formula is C8H7ClN2O2. The minimum Gasteiger partial charge on any atom is -0.469 e. The minimum absolute atomic E-state index is 0.192. The molecule has 0 aromatic carbocycles. The van der Waals surface area contributed by atoms with Gasteiger partial charge in [-0.25, -0.2) is 0 Å². The number of anilines is 1. The summed E-state index contributed by atoms with van der Waals surface area (Å²) in [5.41, 5.74) is 6.20.